The highest BCUT2D eigenvalue weighted by Crippen LogP contribution is 2.40. The molecule has 0 radical (unpaired) electrons. The Kier molecular flexibility index (Phi) is 3.19. The van der Waals surface area contributed by atoms with Crippen molar-refractivity contribution in [3.05, 3.63) is 46.0 Å². The summed E-state index contributed by atoms with van der Waals surface area (Å²) in [5.41, 5.74) is 12.3. The first-order valence-corrected chi connectivity index (χ1v) is 7.09. The molecule has 1 aliphatic carbocycles. The van der Waals surface area contributed by atoms with Gasteiger partial charge in [0.2, 0.25) is 0 Å². The van der Waals surface area contributed by atoms with E-state index in [0.717, 1.165) is 40.5 Å². The van der Waals surface area contributed by atoms with Gasteiger partial charge in [0.05, 0.1) is 10.7 Å². The Balaban J connectivity index is 2.18. The number of aliphatic imine (C=N–C) groups is 1. The number of allylic oxidation sites excluding steroid dienone is 3. The first-order chi connectivity index (χ1) is 9.16. The summed E-state index contributed by atoms with van der Waals surface area (Å²) in [6.45, 7) is 2.07. The maximum atomic E-state index is 6.32. The van der Waals surface area contributed by atoms with Gasteiger partial charge in [0.15, 0.2) is 0 Å². The minimum Gasteiger partial charge on any atom is -0.399 e. The van der Waals surface area contributed by atoms with Crippen LogP contribution in [0.4, 0.5) is 5.69 Å². The molecule has 0 unspecified atom stereocenters. The van der Waals surface area contributed by atoms with Crippen LogP contribution in [-0.4, -0.2) is 5.71 Å². The first kappa shape index (κ1) is 12.5. The molecule has 0 fully saturated rings. The lowest BCUT2D eigenvalue weighted by molar-refractivity contribution is 0.765. The van der Waals surface area contributed by atoms with Crippen molar-refractivity contribution < 1.29 is 0 Å². The predicted molar refractivity (Wildman–Crippen MR) is 82.4 cm³/mol. The molecule has 0 saturated carbocycles. The summed E-state index contributed by atoms with van der Waals surface area (Å²) in [6, 6.07) is 5.60. The molecule has 0 amide bonds. The van der Waals surface area contributed by atoms with Crippen LogP contribution in [0.1, 0.15) is 38.2 Å². The minimum absolute atomic E-state index is 0.721. The zero-order valence-electron chi connectivity index (χ0n) is 11.0. The lowest BCUT2D eigenvalue weighted by Gasteiger charge is -2.08. The third kappa shape index (κ3) is 2.21. The summed E-state index contributed by atoms with van der Waals surface area (Å²) in [6.07, 6.45) is 6.99. The van der Waals surface area contributed by atoms with Gasteiger partial charge in [0, 0.05) is 17.0 Å². The number of anilines is 1. The van der Waals surface area contributed by atoms with Crippen LogP contribution < -0.4 is 5.73 Å². The molecule has 0 spiro atoms. The number of nitrogens with zero attached hydrogens (tertiary/aromatic N) is 1. The second kappa shape index (κ2) is 4.86. The van der Waals surface area contributed by atoms with Crippen molar-refractivity contribution in [2.24, 2.45) is 4.99 Å². The van der Waals surface area contributed by atoms with Gasteiger partial charge in [-0.1, -0.05) is 17.7 Å². The number of hydrogen-bond acceptors (Lipinski definition) is 2. The summed E-state index contributed by atoms with van der Waals surface area (Å²) < 4.78 is 0. The number of nitrogen functional groups attached to an aromatic ring is 1. The maximum absolute atomic E-state index is 6.32. The number of halogens is 1. The van der Waals surface area contributed by atoms with Gasteiger partial charge in [0.25, 0.3) is 0 Å². The third-order valence-electron chi connectivity index (χ3n) is 3.76. The molecule has 2 N–H and O–H groups in total. The third-order valence-corrected chi connectivity index (χ3v) is 4.08. The maximum Gasteiger partial charge on any atom is 0.0759 e. The Morgan fingerprint density at radius 1 is 1.26 bits per heavy atom. The van der Waals surface area contributed by atoms with Crippen LogP contribution in [0.15, 0.2) is 40.4 Å². The van der Waals surface area contributed by atoms with Gasteiger partial charge in [-0.15, -0.1) is 0 Å². The largest absolute Gasteiger partial charge is 0.399 e. The van der Waals surface area contributed by atoms with E-state index in [1.807, 2.05) is 18.2 Å². The first-order valence-electron chi connectivity index (χ1n) is 6.71. The number of nitrogens with two attached hydrogens (primary N) is 1. The zero-order valence-corrected chi connectivity index (χ0v) is 11.8. The number of fused-ring (bicyclic) bond motifs is 1. The van der Waals surface area contributed by atoms with E-state index >= 15 is 0 Å². The highest BCUT2D eigenvalue weighted by Gasteiger charge is 2.24. The SMILES string of the molecule is CC1=NC(c2cc(N)ccc2Cl)=C2CCCCC=C12. The lowest BCUT2D eigenvalue weighted by Crippen LogP contribution is -1.94. The van der Waals surface area contributed by atoms with Crippen LogP contribution in [0.5, 0.6) is 0 Å². The fraction of sp³-hybridized carbons (Fsp3) is 0.312. The molecule has 0 atom stereocenters. The summed E-state index contributed by atoms with van der Waals surface area (Å²) in [4.78, 5) is 4.73. The van der Waals surface area contributed by atoms with Crippen molar-refractivity contribution in [2.75, 3.05) is 5.73 Å². The number of hydrogen-bond donors (Lipinski definition) is 1. The van der Waals surface area contributed by atoms with Gasteiger partial charge >= 0.3 is 0 Å². The molecule has 1 aliphatic heterocycles. The van der Waals surface area contributed by atoms with E-state index in [2.05, 4.69) is 13.0 Å². The van der Waals surface area contributed by atoms with Crippen molar-refractivity contribution in [1.29, 1.82) is 0 Å². The highest BCUT2D eigenvalue weighted by molar-refractivity contribution is 6.32. The van der Waals surface area contributed by atoms with E-state index in [1.165, 1.54) is 24.0 Å². The molecule has 0 saturated heterocycles. The van der Waals surface area contributed by atoms with Crippen LogP contribution in [0, 0.1) is 0 Å². The Bertz CT molecular complexity index is 624. The van der Waals surface area contributed by atoms with E-state index in [4.69, 9.17) is 22.3 Å². The topological polar surface area (TPSA) is 38.4 Å². The molecule has 3 rings (SSSR count). The molecule has 3 heteroatoms. The van der Waals surface area contributed by atoms with Gasteiger partial charge in [-0.25, -0.2) is 0 Å². The van der Waals surface area contributed by atoms with Gasteiger partial charge < -0.3 is 5.73 Å². The molecule has 2 nitrogen and oxygen atoms in total. The summed E-state index contributed by atoms with van der Waals surface area (Å²) in [7, 11) is 0. The summed E-state index contributed by atoms with van der Waals surface area (Å²) >= 11 is 6.32. The van der Waals surface area contributed by atoms with E-state index in [0.29, 0.717) is 0 Å². The predicted octanol–water partition coefficient (Wildman–Crippen LogP) is 4.61. The fourth-order valence-electron chi connectivity index (χ4n) is 2.80. The van der Waals surface area contributed by atoms with Crippen molar-refractivity contribution in [1.82, 2.24) is 0 Å². The molecular weight excluding hydrogens is 256 g/mol. The smallest absolute Gasteiger partial charge is 0.0759 e. The van der Waals surface area contributed by atoms with Crippen LogP contribution in [0.3, 0.4) is 0 Å². The van der Waals surface area contributed by atoms with Crippen molar-refractivity contribution >= 4 is 28.7 Å². The normalized spacial score (nSPS) is 18.8. The standard InChI is InChI=1S/C16H17ClN2/c1-10-12-5-3-2-4-6-13(12)16(19-10)14-9-11(18)7-8-15(14)17/h5,7-9H,2-4,6,18H2,1H3. The average Bonchev–Trinajstić information content (AvgIpc) is 2.59. The average molecular weight is 273 g/mol. The summed E-state index contributed by atoms with van der Waals surface area (Å²) in [5, 5.41) is 0.721. The van der Waals surface area contributed by atoms with E-state index in [1.54, 1.807) is 0 Å². The lowest BCUT2D eigenvalue weighted by atomic mass is 9.97. The second-order valence-corrected chi connectivity index (χ2v) is 5.53. The second-order valence-electron chi connectivity index (χ2n) is 5.13. The van der Waals surface area contributed by atoms with Gasteiger partial charge in [-0.3, -0.25) is 4.99 Å². The number of benzene rings is 1. The zero-order chi connectivity index (χ0) is 13.4. The molecule has 1 heterocycles. The fourth-order valence-corrected chi connectivity index (χ4v) is 3.01. The molecule has 1 aromatic rings. The minimum atomic E-state index is 0.721. The van der Waals surface area contributed by atoms with Crippen LogP contribution in [0.2, 0.25) is 5.02 Å². The highest BCUT2D eigenvalue weighted by atomic mass is 35.5. The Hall–Kier alpha value is -1.54. The van der Waals surface area contributed by atoms with E-state index in [9.17, 15) is 0 Å². The van der Waals surface area contributed by atoms with Gasteiger partial charge in [-0.2, -0.15) is 0 Å². The molecule has 19 heavy (non-hydrogen) atoms. The molecule has 2 aliphatic rings. The Labute approximate surface area is 118 Å². The number of rotatable bonds is 1. The molecule has 1 aromatic carbocycles. The van der Waals surface area contributed by atoms with Crippen LogP contribution >= 0.6 is 11.6 Å². The van der Waals surface area contributed by atoms with Gasteiger partial charge in [-0.05, 0) is 62.0 Å². The monoisotopic (exact) mass is 272 g/mol. The van der Waals surface area contributed by atoms with Crippen molar-refractivity contribution in [2.45, 2.75) is 32.6 Å². The van der Waals surface area contributed by atoms with Crippen LogP contribution in [0.25, 0.3) is 5.70 Å². The Morgan fingerprint density at radius 3 is 2.95 bits per heavy atom. The quantitative estimate of drug-likeness (QED) is 0.745. The van der Waals surface area contributed by atoms with Crippen LogP contribution in [-0.2, 0) is 0 Å². The van der Waals surface area contributed by atoms with E-state index in [-0.39, 0.29) is 0 Å². The van der Waals surface area contributed by atoms with Gasteiger partial charge in [0.1, 0.15) is 0 Å². The molecule has 98 valence electrons. The van der Waals surface area contributed by atoms with Crippen molar-refractivity contribution in [3.63, 3.8) is 0 Å². The van der Waals surface area contributed by atoms with E-state index < -0.39 is 0 Å². The molecule has 0 bridgehead atoms. The summed E-state index contributed by atoms with van der Waals surface area (Å²) in [5.74, 6) is 0. The Morgan fingerprint density at radius 2 is 2.11 bits per heavy atom. The molecule has 0 aromatic heterocycles. The molecular formula is C16H17ClN2. The van der Waals surface area contributed by atoms with Crippen molar-refractivity contribution in [3.8, 4) is 0 Å².